The average Bonchev–Trinajstić information content (AvgIpc) is 3.06. The number of amides is 1. The highest BCUT2D eigenvalue weighted by molar-refractivity contribution is 6.34. The monoisotopic (exact) mass is 444 g/mol. The van der Waals surface area contributed by atoms with Crippen molar-refractivity contribution in [3.63, 3.8) is 0 Å². The van der Waals surface area contributed by atoms with Gasteiger partial charge in [-0.3, -0.25) is 4.79 Å². The zero-order chi connectivity index (χ0) is 21.4. The Morgan fingerprint density at radius 1 is 1.17 bits per heavy atom. The molecular formula is C21H21Cl2F3N2O. The van der Waals surface area contributed by atoms with Gasteiger partial charge in [0.1, 0.15) is 5.41 Å². The van der Waals surface area contributed by atoms with Gasteiger partial charge in [0, 0.05) is 42.3 Å². The number of hydrogen-bond acceptors (Lipinski definition) is 2. The van der Waals surface area contributed by atoms with Crippen molar-refractivity contribution >= 4 is 34.8 Å². The smallest absolute Gasteiger partial charge is 0.370 e. The van der Waals surface area contributed by atoms with Crippen molar-refractivity contribution in [3.05, 3.63) is 63.1 Å². The molecule has 0 bridgehead atoms. The van der Waals surface area contributed by atoms with E-state index in [9.17, 15) is 18.0 Å². The molecule has 0 aliphatic carbocycles. The summed E-state index contributed by atoms with van der Waals surface area (Å²) in [5.74, 6) is -0.136. The van der Waals surface area contributed by atoms with Crippen LogP contribution in [0.1, 0.15) is 30.0 Å². The van der Waals surface area contributed by atoms with Crippen molar-refractivity contribution in [2.24, 2.45) is 0 Å². The Balaban J connectivity index is 1.91. The third-order valence-corrected chi connectivity index (χ3v) is 5.88. The first-order valence-corrected chi connectivity index (χ1v) is 9.90. The number of carbonyl (C=O) groups is 1. The van der Waals surface area contributed by atoms with Crippen LogP contribution >= 0.6 is 23.2 Å². The van der Waals surface area contributed by atoms with Gasteiger partial charge in [0.25, 0.3) is 0 Å². The van der Waals surface area contributed by atoms with Crippen molar-refractivity contribution in [3.8, 4) is 0 Å². The maximum absolute atomic E-state index is 14.2. The van der Waals surface area contributed by atoms with Crippen LogP contribution in [0.2, 0.25) is 10.0 Å². The number of benzene rings is 2. The fourth-order valence-electron chi connectivity index (χ4n) is 3.79. The van der Waals surface area contributed by atoms with Crippen LogP contribution in [0.4, 0.5) is 18.9 Å². The van der Waals surface area contributed by atoms with Gasteiger partial charge in [-0.25, -0.2) is 0 Å². The Morgan fingerprint density at radius 2 is 1.83 bits per heavy atom. The standard InChI is InChI=1S/C21H21Cl2F3N2O/c1-13-7-19(4-3-15(13)11-27-14(2)29)28-6-5-20(12-28,21(24,25)26)16-8-17(22)10-18(23)9-16/h3-4,7-10H,5-6,11-12H2,1-2H3,(H,27,29). The summed E-state index contributed by atoms with van der Waals surface area (Å²) in [6.07, 6.45) is -4.53. The molecule has 8 heteroatoms. The molecule has 1 aliphatic rings. The van der Waals surface area contributed by atoms with Gasteiger partial charge in [0.05, 0.1) is 0 Å². The molecule has 2 aromatic rings. The number of anilines is 1. The predicted molar refractivity (Wildman–Crippen MR) is 110 cm³/mol. The van der Waals surface area contributed by atoms with Crippen LogP contribution in [0.5, 0.6) is 0 Å². The summed E-state index contributed by atoms with van der Waals surface area (Å²) in [6.45, 7) is 3.75. The van der Waals surface area contributed by atoms with Gasteiger partial charge < -0.3 is 10.2 Å². The largest absolute Gasteiger partial charge is 0.400 e. The highest BCUT2D eigenvalue weighted by Gasteiger charge is 2.59. The van der Waals surface area contributed by atoms with Crippen molar-refractivity contribution < 1.29 is 18.0 Å². The minimum atomic E-state index is -4.45. The van der Waals surface area contributed by atoms with Crippen molar-refractivity contribution in [2.75, 3.05) is 18.0 Å². The van der Waals surface area contributed by atoms with Crippen LogP contribution in [-0.2, 0) is 16.8 Å². The van der Waals surface area contributed by atoms with Gasteiger partial charge in [0.2, 0.25) is 5.91 Å². The molecule has 3 nitrogen and oxygen atoms in total. The zero-order valence-electron chi connectivity index (χ0n) is 16.0. The van der Waals surface area contributed by atoms with E-state index in [0.29, 0.717) is 12.2 Å². The maximum atomic E-state index is 14.2. The van der Waals surface area contributed by atoms with E-state index in [-0.39, 0.29) is 41.0 Å². The van der Waals surface area contributed by atoms with Crippen LogP contribution in [0.25, 0.3) is 0 Å². The summed E-state index contributed by atoms with van der Waals surface area (Å²) >= 11 is 12.0. The molecule has 0 aromatic heterocycles. The molecule has 1 unspecified atom stereocenters. The molecule has 0 saturated carbocycles. The molecule has 3 rings (SSSR count). The first-order valence-electron chi connectivity index (χ1n) is 9.14. The number of nitrogens with zero attached hydrogens (tertiary/aromatic N) is 1. The SMILES string of the molecule is CC(=O)NCc1ccc(N2CCC(c3cc(Cl)cc(Cl)c3)(C(F)(F)F)C2)cc1C. The predicted octanol–water partition coefficient (Wildman–Crippen LogP) is 5.65. The van der Waals surface area contributed by atoms with Crippen molar-refractivity contribution in [1.29, 1.82) is 0 Å². The van der Waals surface area contributed by atoms with Crippen LogP contribution in [0.15, 0.2) is 36.4 Å². The molecule has 1 aliphatic heterocycles. The summed E-state index contributed by atoms with van der Waals surface area (Å²) in [5.41, 5.74) is 0.598. The molecule has 156 valence electrons. The van der Waals surface area contributed by atoms with Crippen molar-refractivity contribution in [2.45, 2.75) is 38.4 Å². The second-order valence-corrected chi connectivity index (χ2v) is 8.30. The molecular weight excluding hydrogens is 424 g/mol. The second kappa shape index (κ2) is 8.07. The molecule has 0 spiro atoms. The number of halogens is 5. The molecule has 1 amide bonds. The van der Waals surface area contributed by atoms with Crippen LogP contribution in [-0.4, -0.2) is 25.2 Å². The van der Waals surface area contributed by atoms with Gasteiger partial charge in [-0.15, -0.1) is 0 Å². The third kappa shape index (κ3) is 4.48. The zero-order valence-corrected chi connectivity index (χ0v) is 17.5. The fourth-order valence-corrected chi connectivity index (χ4v) is 4.31. The highest BCUT2D eigenvalue weighted by atomic mass is 35.5. The number of carbonyl (C=O) groups excluding carboxylic acids is 1. The summed E-state index contributed by atoms with van der Waals surface area (Å²) in [7, 11) is 0. The van der Waals surface area contributed by atoms with E-state index in [1.807, 2.05) is 19.1 Å². The van der Waals surface area contributed by atoms with E-state index < -0.39 is 11.6 Å². The highest BCUT2D eigenvalue weighted by Crippen LogP contribution is 2.49. The van der Waals surface area contributed by atoms with Gasteiger partial charge in [-0.2, -0.15) is 13.2 Å². The lowest BCUT2D eigenvalue weighted by Gasteiger charge is -2.33. The van der Waals surface area contributed by atoms with E-state index in [4.69, 9.17) is 23.2 Å². The Morgan fingerprint density at radius 3 is 2.38 bits per heavy atom. The summed E-state index contributed by atoms with van der Waals surface area (Å²) in [4.78, 5) is 12.8. The quantitative estimate of drug-likeness (QED) is 0.660. The molecule has 1 atom stereocenters. The molecule has 0 radical (unpaired) electrons. The molecule has 29 heavy (non-hydrogen) atoms. The molecule has 2 aromatic carbocycles. The van der Waals surface area contributed by atoms with Crippen LogP contribution in [0, 0.1) is 6.92 Å². The summed E-state index contributed by atoms with van der Waals surface area (Å²) in [5, 5.41) is 3.11. The van der Waals surface area contributed by atoms with Gasteiger partial charge in [0.15, 0.2) is 0 Å². The minimum Gasteiger partial charge on any atom is -0.370 e. The normalized spacial score (nSPS) is 19.5. The first kappa shape index (κ1) is 21.8. The van der Waals surface area contributed by atoms with E-state index in [1.54, 1.807) is 11.0 Å². The third-order valence-electron chi connectivity index (χ3n) is 5.45. The Labute approximate surface area is 177 Å². The van der Waals surface area contributed by atoms with E-state index in [1.165, 1.54) is 25.1 Å². The number of alkyl halides is 3. The molecule has 1 saturated heterocycles. The van der Waals surface area contributed by atoms with E-state index >= 15 is 0 Å². The lowest BCUT2D eigenvalue weighted by atomic mass is 9.79. The Hall–Kier alpha value is -1.92. The summed E-state index contributed by atoms with van der Waals surface area (Å²) in [6, 6.07) is 9.62. The van der Waals surface area contributed by atoms with Crippen LogP contribution < -0.4 is 10.2 Å². The second-order valence-electron chi connectivity index (χ2n) is 7.43. The molecule has 1 heterocycles. The number of rotatable bonds is 4. The van der Waals surface area contributed by atoms with Gasteiger partial charge in [-0.1, -0.05) is 29.3 Å². The van der Waals surface area contributed by atoms with E-state index in [2.05, 4.69) is 5.32 Å². The van der Waals surface area contributed by atoms with E-state index in [0.717, 1.165) is 11.1 Å². The van der Waals surface area contributed by atoms with Gasteiger partial charge in [-0.05, 0) is 60.4 Å². The van der Waals surface area contributed by atoms with Gasteiger partial charge >= 0.3 is 6.18 Å². The summed E-state index contributed by atoms with van der Waals surface area (Å²) < 4.78 is 42.7. The minimum absolute atomic E-state index is 0.0835. The maximum Gasteiger partial charge on any atom is 0.400 e. The van der Waals surface area contributed by atoms with Crippen molar-refractivity contribution in [1.82, 2.24) is 5.32 Å². The molecule has 1 N–H and O–H groups in total. The first-order chi connectivity index (χ1) is 13.5. The fraction of sp³-hybridized carbons (Fsp3) is 0.381. The lowest BCUT2D eigenvalue weighted by molar-refractivity contribution is -0.184. The topological polar surface area (TPSA) is 32.3 Å². The Bertz CT molecular complexity index is 912. The van der Waals surface area contributed by atoms with Crippen LogP contribution in [0.3, 0.4) is 0 Å². The Kier molecular flexibility index (Phi) is 6.06. The number of aryl methyl sites for hydroxylation is 1. The molecule has 1 fully saturated rings. The average molecular weight is 445 g/mol. The number of hydrogen-bond donors (Lipinski definition) is 1. The number of nitrogens with one attached hydrogen (secondary N) is 1. The lowest BCUT2D eigenvalue weighted by Crippen LogP contribution is -2.44.